The Hall–Kier alpha value is -0.920. The van der Waals surface area contributed by atoms with Crippen molar-refractivity contribution < 1.29 is 4.74 Å². The van der Waals surface area contributed by atoms with E-state index in [0.717, 1.165) is 5.76 Å². The van der Waals surface area contributed by atoms with Crippen LogP contribution in [0.5, 0.6) is 0 Å². The summed E-state index contributed by atoms with van der Waals surface area (Å²) in [4.78, 5) is 0. The molecular weight excluding hydrogens is 258 g/mol. The van der Waals surface area contributed by atoms with Crippen LogP contribution < -0.4 is 5.32 Å². The molecule has 2 nitrogen and oxygen atoms in total. The van der Waals surface area contributed by atoms with Crippen LogP contribution in [0.1, 0.15) is 91.4 Å². The molecule has 21 heavy (non-hydrogen) atoms. The lowest BCUT2D eigenvalue weighted by Gasteiger charge is -2.24. The summed E-state index contributed by atoms with van der Waals surface area (Å²) < 4.78 is 5.62. The quantitative estimate of drug-likeness (QED) is 0.429. The number of hydrogen-bond donors (Lipinski definition) is 1. The molecule has 1 aliphatic rings. The second kappa shape index (κ2) is 9.92. The largest absolute Gasteiger partial charge is 0.444 e. The minimum absolute atomic E-state index is 0.118. The number of allylic oxidation sites excluding steroid dienone is 1. The highest BCUT2D eigenvalue weighted by Crippen LogP contribution is 2.35. The Morgan fingerprint density at radius 2 is 1.48 bits per heavy atom. The van der Waals surface area contributed by atoms with Crippen LogP contribution in [0.2, 0.25) is 0 Å². The minimum atomic E-state index is 0.118. The standard InChI is InChI=1S/C19H35NO/c1-5-6-7-8-9-10-11-12-13-14-15-19(3,4)18-16-20-17(2)21-18/h16,20H,2,5-15H2,1,3-4H3. The van der Waals surface area contributed by atoms with Crippen LogP contribution >= 0.6 is 0 Å². The van der Waals surface area contributed by atoms with Crippen LogP contribution in [-0.2, 0) is 4.74 Å². The lowest BCUT2D eigenvalue weighted by Crippen LogP contribution is -2.14. The molecule has 0 bridgehead atoms. The molecule has 0 aliphatic carbocycles. The Kier molecular flexibility index (Phi) is 8.56. The summed E-state index contributed by atoms with van der Waals surface area (Å²) in [6, 6.07) is 0. The fourth-order valence-corrected chi connectivity index (χ4v) is 2.85. The predicted octanol–water partition coefficient (Wildman–Crippen LogP) is 6.26. The van der Waals surface area contributed by atoms with Crippen LogP contribution in [0.3, 0.4) is 0 Å². The van der Waals surface area contributed by atoms with Gasteiger partial charge in [-0.05, 0) is 13.0 Å². The molecule has 0 aromatic rings. The summed E-state index contributed by atoms with van der Waals surface area (Å²) in [7, 11) is 0. The van der Waals surface area contributed by atoms with Crippen molar-refractivity contribution in [1.82, 2.24) is 5.32 Å². The van der Waals surface area contributed by atoms with Gasteiger partial charge in [0.25, 0.3) is 0 Å². The number of unbranched alkanes of at least 4 members (excludes halogenated alkanes) is 9. The molecule has 1 aliphatic heterocycles. The van der Waals surface area contributed by atoms with Gasteiger partial charge in [-0.2, -0.15) is 0 Å². The molecule has 0 unspecified atom stereocenters. The van der Waals surface area contributed by atoms with Gasteiger partial charge in [-0.15, -0.1) is 0 Å². The topological polar surface area (TPSA) is 21.3 Å². The predicted molar refractivity (Wildman–Crippen MR) is 91.7 cm³/mol. The Morgan fingerprint density at radius 3 is 1.95 bits per heavy atom. The first kappa shape index (κ1) is 18.1. The van der Waals surface area contributed by atoms with Gasteiger partial charge in [-0.3, -0.25) is 0 Å². The molecule has 0 radical (unpaired) electrons. The van der Waals surface area contributed by atoms with Crippen LogP contribution in [0.15, 0.2) is 24.4 Å². The van der Waals surface area contributed by atoms with E-state index in [1.165, 1.54) is 70.6 Å². The van der Waals surface area contributed by atoms with E-state index in [1.54, 1.807) is 0 Å². The molecule has 2 heteroatoms. The van der Waals surface area contributed by atoms with Crippen LogP contribution in [-0.4, -0.2) is 0 Å². The molecule has 1 N–H and O–H groups in total. The minimum Gasteiger partial charge on any atom is -0.444 e. The average molecular weight is 293 g/mol. The van der Waals surface area contributed by atoms with Crippen molar-refractivity contribution in [3.05, 3.63) is 24.4 Å². The maximum atomic E-state index is 5.62. The van der Waals surface area contributed by atoms with E-state index in [9.17, 15) is 0 Å². The number of hydrogen-bond acceptors (Lipinski definition) is 2. The van der Waals surface area contributed by atoms with E-state index >= 15 is 0 Å². The van der Waals surface area contributed by atoms with E-state index in [1.807, 2.05) is 6.20 Å². The summed E-state index contributed by atoms with van der Waals surface area (Å²) in [5.74, 6) is 1.68. The Bertz CT molecular complexity index is 330. The SMILES string of the molecule is C=C1NC=C(C(C)(C)CCCCCCCCCCCC)O1. The third-order valence-electron chi connectivity index (χ3n) is 4.42. The smallest absolute Gasteiger partial charge is 0.189 e. The normalized spacial score (nSPS) is 14.8. The first-order valence-electron chi connectivity index (χ1n) is 8.90. The molecule has 122 valence electrons. The molecule has 0 saturated carbocycles. The van der Waals surface area contributed by atoms with Crippen molar-refractivity contribution in [2.45, 2.75) is 91.4 Å². The van der Waals surface area contributed by atoms with Gasteiger partial charge in [0.05, 0.1) is 0 Å². The average Bonchev–Trinajstić information content (AvgIpc) is 2.88. The molecule has 0 saturated heterocycles. The van der Waals surface area contributed by atoms with E-state index in [2.05, 4.69) is 32.7 Å². The fourth-order valence-electron chi connectivity index (χ4n) is 2.85. The molecule has 0 atom stereocenters. The molecule has 0 fully saturated rings. The zero-order valence-corrected chi connectivity index (χ0v) is 14.5. The van der Waals surface area contributed by atoms with Crippen LogP contribution in [0.4, 0.5) is 0 Å². The highest BCUT2D eigenvalue weighted by atomic mass is 16.5. The summed E-state index contributed by atoms with van der Waals surface area (Å²) >= 11 is 0. The van der Waals surface area contributed by atoms with Crippen molar-refractivity contribution >= 4 is 0 Å². The van der Waals surface area contributed by atoms with Crippen molar-refractivity contribution in [3.8, 4) is 0 Å². The molecular formula is C19H35NO. The third-order valence-corrected chi connectivity index (χ3v) is 4.42. The van der Waals surface area contributed by atoms with Gasteiger partial charge in [0.2, 0.25) is 0 Å². The van der Waals surface area contributed by atoms with Crippen molar-refractivity contribution in [1.29, 1.82) is 0 Å². The van der Waals surface area contributed by atoms with E-state index < -0.39 is 0 Å². The summed E-state index contributed by atoms with van der Waals surface area (Å²) in [6.45, 7) is 10.6. The summed E-state index contributed by atoms with van der Waals surface area (Å²) in [5.41, 5.74) is 0.118. The molecule has 1 heterocycles. The second-order valence-corrected chi connectivity index (χ2v) is 6.99. The number of rotatable bonds is 12. The van der Waals surface area contributed by atoms with Gasteiger partial charge in [-0.1, -0.05) is 85.0 Å². The van der Waals surface area contributed by atoms with E-state index in [0.29, 0.717) is 5.88 Å². The zero-order chi connectivity index (χ0) is 15.6. The number of nitrogens with one attached hydrogen (secondary N) is 1. The Morgan fingerprint density at radius 1 is 0.952 bits per heavy atom. The molecule has 0 aromatic heterocycles. The maximum Gasteiger partial charge on any atom is 0.189 e. The fraction of sp³-hybridized carbons (Fsp3) is 0.789. The van der Waals surface area contributed by atoms with Crippen molar-refractivity contribution in [2.24, 2.45) is 5.41 Å². The van der Waals surface area contributed by atoms with Gasteiger partial charge in [0, 0.05) is 11.6 Å². The van der Waals surface area contributed by atoms with Gasteiger partial charge in [0.1, 0.15) is 5.76 Å². The lowest BCUT2D eigenvalue weighted by atomic mass is 9.85. The molecule has 1 rings (SSSR count). The monoisotopic (exact) mass is 293 g/mol. The number of ether oxygens (including phenoxy) is 1. The van der Waals surface area contributed by atoms with Gasteiger partial charge < -0.3 is 10.1 Å². The Balaban J connectivity index is 1.97. The van der Waals surface area contributed by atoms with E-state index in [-0.39, 0.29) is 5.41 Å². The first-order chi connectivity index (χ1) is 10.1. The van der Waals surface area contributed by atoms with Crippen LogP contribution in [0.25, 0.3) is 0 Å². The highest BCUT2D eigenvalue weighted by Gasteiger charge is 2.28. The lowest BCUT2D eigenvalue weighted by molar-refractivity contribution is 0.204. The molecule has 0 aromatic carbocycles. The molecule has 0 spiro atoms. The third kappa shape index (κ3) is 7.59. The maximum absolute atomic E-state index is 5.62. The first-order valence-corrected chi connectivity index (χ1v) is 8.90. The van der Waals surface area contributed by atoms with E-state index in [4.69, 9.17) is 4.74 Å². The molecule has 0 amide bonds. The summed E-state index contributed by atoms with van der Waals surface area (Å²) in [6.07, 6.45) is 17.0. The van der Waals surface area contributed by atoms with Gasteiger partial charge >= 0.3 is 0 Å². The highest BCUT2D eigenvalue weighted by molar-refractivity contribution is 5.14. The van der Waals surface area contributed by atoms with Crippen molar-refractivity contribution in [2.75, 3.05) is 0 Å². The Labute approximate surface area is 132 Å². The van der Waals surface area contributed by atoms with Gasteiger partial charge in [0.15, 0.2) is 5.88 Å². The van der Waals surface area contributed by atoms with Crippen molar-refractivity contribution in [3.63, 3.8) is 0 Å². The van der Waals surface area contributed by atoms with Crippen LogP contribution in [0, 0.1) is 5.41 Å². The second-order valence-electron chi connectivity index (χ2n) is 6.99. The zero-order valence-electron chi connectivity index (χ0n) is 14.5. The van der Waals surface area contributed by atoms with Gasteiger partial charge in [-0.25, -0.2) is 0 Å². The summed E-state index contributed by atoms with van der Waals surface area (Å²) in [5, 5.41) is 3.04.